The van der Waals surface area contributed by atoms with Crippen molar-refractivity contribution < 1.29 is 9.72 Å². The summed E-state index contributed by atoms with van der Waals surface area (Å²) in [5.41, 5.74) is 2.14. The maximum absolute atomic E-state index is 11.4. The molecule has 0 radical (unpaired) electrons. The molecule has 1 aliphatic heterocycles. The van der Waals surface area contributed by atoms with Crippen molar-refractivity contribution >= 4 is 17.7 Å². The lowest BCUT2D eigenvalue weighted by molar-refractivity contribution is -0.384. The molecule has 6 heteroatoms. The van der Waals surface area contributed by atoms with Gasteiger partial charge in [-0.3, -0.25) is 19.9 Å². The van der Waals surface area contributed by atoms with E-state index in [9.17, 15) is 14.9 Å². The van der Waals surface area contributed by atoms with Crippen molar-refractivity contribution in [2.45, 2.75) is 25.3 Å². The zero-order valence-corrected chi connectivity index (χ0v) is 12.6. The second-order valence-corrected chi connectivity index (χ2v) is 5.61. The van der Waals surface area contributed by atoms with Crippen LogP contribution in [0.4, 0.5) is 11.4 Å². The van der Waals surface area contributed by atoms with Gasteiger partial charge < -0.3 is 4.90 Å². The number of nitro benzene ring substituents is 1. The Balaban J connectivity index is 2.01. The molecule has 0 N–H and O–H groups in total. The molecule has 0 aliphatic carbocycles. The highest BCUT2D eigenvalue weighted by Crippen LogP contribution is 2.37. The van der Waals surface area contributed by atoms with Crippen molar-refractivity contribution in [3.05, 3.63) is 64.0 Å². The number of hydrogen-bond acceptors (Lipinski definition) is 5. The first-order valence-electron chi connectivity index (χ1n) is 7.61. The van der Waals surface area contributed by atoms with Gasteiger partial charge in [0.1, 0.15) is 0 Å². The molecule has 1 unspecified atom stereocenters. The molecular formula is C17H17N3O3. The normalized spacial score (nSPS) is 17.7. The first kappa shape index (κ1) is 15.1. The number of carbonyl (C=O) groups is 1. The summed E-state index contributed by atoms with van der Waals surface area (Å²) >= 11 is 0. The minimum atomic E-state index is -0.481. The molecule has 1 atom stereocenters. The van der Waals surface area contributed by atoms with Gasteiger partial charge >= 0.3 is 0 Å². The second-order valence-electron chi connectivity index (χ2n) is 5.61. The Morgan fingerprint density at radius 3 is 2.87 bits per heavy atom. The van der Waals surface area contributed by atoms with Gasteiger partial charge in [-0.25, -0.2) is 0 Å². The molecule has 0 spiro atoms. The van der Waals surface area contributed by atoms with Crippen LogP contribution in [-0.4, -0.2) is 22.7 Å². The summed E-state index contributed by atoms with van der Waals surface area (Å²) in [6.07, 6.45) is 7.39. The number of carbonyl (C=O) groups excluding carboxylic acids is 1. The van der Waals surface area contributed by atoms with Gasteiger partial charge in [0.2, 0.25) is 0 Å². The highest BCUT2D eigenvalue weighted by molar-refractivity contribution is 5.86. The lowest BCUT2D eigenvalue weighted by atomic mass is 9.95. The third-order valence-electron chi connectivity index (χ3n) is 4.23. The van der Waals surface area contributed by atoms with E-state index in [0.29, 0.717) is 11.8 Å². The molecule has 0 saturated carbocycles. The van der Waals surface area contributed by atoms with Gasteiger partial charge in [-0.15, -0.1) is 0 Å². The van der Waals surface area contributed by atoms with E-state index in [1.165, 1.54) is 12.1 Å². The SMILES string of the molecule is O=Cc1cc([N+](=O)[O-])ccc1N1CCCCC1c1cccnc1. The largest absolute Gasteiger partial charge is 0.364 e. The third kappa shape index (κ3) is 3.06. The average molecular weight is 311 g/mol. The summed E-state index contributed by atoms with van der Waals surface area (Å²) < 4.78 is 0. The quantitative estimate of drug-likeness (QED) is 0.490. The van der Waals surface area contributed by atoms with Crippen molar-refractivity contribution in [3.8, 4) is 0 Å². The van der Waals surface area contributed by atoms with Crippen molar-refractivity contribution in [1.82, 2.24) is 4.98 Å². The fourth-order valence-corrected chi connectivity index (χ4v) is 3.15. The zero-order chi connectivity index (χ0) is 16.2. The van der Waals surface area contributed by atoms with Gasteiger partial charge in [-0.05, 0) is 37.0 Å². The monoisotopic (exact) mass is 311 g/mol. The standard InChI is InChI=1S/C17H17N3O3/c21-12-14-10-15(20(22)23)6-7-17(14)19-9-2-1-5-16(19)13-4-3-8-18-11-13/h3-4,6-8,10-12,16H,1-2,5,9H2. The van der Waals surface area contributed by atoms with Crippen LogP contribution >= 0.6 is 0 Å². The number of aromatic nitrogens is 1. The van der Waals surface area contributed by atoms with E-state index >= 15 is 0 Å². The number of rotatable bonds is 4. The van der Waals surface area contributed by atoms with Crippen LogP contribution in [0, 0.1) is 10.1 Å². The molecule has 1 fully saturated rings. The summed E-state index contributed by atoms with van der Waals surface area (Å²) in [5.74, 6) is 0. The molecule has 1 saturated heterocycles. The van der Waals surface area contributed by atoms with E-state index in [4.69, 9.17) is 0 Å². The van der Waals surface area contributed by atoms with Crippen molar-refractivity contribution in [3.63, 3.8) is 0 Å². The number of piperidine rings is 1. The Bertz CT molecular complexity index is 718. The third-order valence-corrected chi connectivity index (χ3v) is 4.23. The Morgan fingerprint density at radius 1 is 1.30 bits per heavy atom. The lowest BCUT2D eigenvalue weighted by Crippen LogP contribution is -2.34. The fourth-order valence-electron chi connectivity index (χ4n) is 3.15. The van der Waals surface area contributed by atoms with E-state index in [-0.39, 0.29) is 11.7 Å². The van der Waals surface area contributed by atoms with Crippen LogP contribution in [0.15, 0.2) is 42.7 Å². The van der Waals surface area contributed by atoms with Gasteiger partial charge in [0, 0.05) is 42.3 Å². The maximum atomic E-state index is 11.4. The molecule has 1 aliphatic rings. The molecule has 0 bridgehead atoms. The zero-order valence-electron chi connectivity index (χ0n) is 12.6. The molecule has 6 nitrogen and oxygen atoms in total. The van der Waals surface area contributed by atoms with E-state index in [0.717, 1.165) is 37.1 Å². The van der Waals surface area contributed by atoms with Gasteiger partial charge in [0.05, 0.1) is 11.0 Å². The van der Waals surface area contributed by atoms with Crippen LogP contribution in [0.5, 0.6) is 0 Å². The number of nitrogens with zero attached hydrogens (tertiary/aromatic N) is 3. The highest BCUT2D eigenvalue weighted by Gasteiger charge is 2.26. The minimum Gasteiger partial charge on any atom is -0.364 e. The van der Waals surface area contributed by atoms with E-state index in [1.807, 2.05) is 18.3 Å². The maximum Gasteiger partial charge on any atom is 0.270 e. The van der Waals surface area contributed by atoms with Crippen molar-refractivity contribution in [2.75, 3.05) is 11.4 Å². The topological polar surface area (TPSA) is 76.3 Å². The summed E-state index contributed by atoms with van der Waals surface area (Å²) in [6.45, 7) is 0.818. The fraction of sp³-hybridized carbons (Fsp3) is 0.294. The van der Waals surface area contributed by atoms with Crippen molar-refractivity contribution in [2.24, 2.45) is 0 Å². The molecule has 2 aromatic rings. The summed E-state index contributed by atoms with van der Waals surface area (Å²) in [7, 11) is 0. The van der Waals surface area contributed by atoms with Crippen LogP contribution in [0.2, 0.25) is 0 Å². The number of aldehydes is 1. The number of non-ortho nitro benzene ring substituents is 1. The van der Waals surface area contributed by atoms with Crippen LogP contribution in [0.1, 0.15) is 41.2 Å². The second kappa shape index (κ2) is 6.56. The van der Waals surface area contributed by atoms with Crippen LogP contribution in [0.25, 0.3) is 0 Å². The van der Waals surface area contributed by atoms with E-state index in [2.05, 4.69) is 9.88 Å². The predicted octanol–water partition coefficient (Wildman–Crippen LogP) is 3.53. The predicted molar refractivity (Wildman–Crippen MR) is 86.7 cm³/mol. The van der Waals surface area contributed by atoms with Crippen molar-refractivity contribution in [1.29, 1.82) is 0 Å². The Labute approximate surface area is 133 Å². The molecular weight excluding hydrogens is 294 g/mol. The first-order chi connectivity index (χ1) is 11.2. The van der Waals surface area contributed by atoms with Gasteiger partial charge in [-0.1, -0.05) is 6.07 Å². The van der Waals surface area contributed by atoms with Gasteiger partial charge in [0.25, 0.3) is 5.69 Å². The number of anilines is 1. The summed E-state index contributed by atoms with van der Waals surface area (Å²) in [6, 6.07) is 8.54. The number of nitro groups is 1. The minimum absolute atomic E-state index is 0.0641. The highest BCUT2D eigenvalue weighted by atomic mass is 16.6. The van der Waals surface area contributed by atoms with E-state index < -0.39 is 4.92 Å². The number of hydrogen-bond donors (Lipinski definition) is 0. The van der Waals surface area contributed by atoms with Crippen LogP contribution < -0.4 is 4.90 Å². The van der Waals surface area contributed by atoms with Crippen LogP contribution in [-0.2, 0) is 0 Å². The van der Waals surface area contributed by atoms with Gasteiger partial charge in [0.15, 0.2) is 6.29 Å². The molecule has 1 aromatic heterocycles. The Morgan fingerprint density at radius 2 is 2.17 bits per heavy atom. The van der Waals surface area contributed by atoms with E-state index in [1.54, 1.807) is 12.3 Å². The van der Waals surface area contributed by atoms with Crippen LogP contribution in [0.3, 0.4) is 0 Å². The number of pyridine rings is 1. The first-order valence-corrected chi connectivity index (χ1v) is 7.61. The molecule has 23 heavy (non-hydrogen) atoms. The summed E-state index contributed by atoms with van der Waals surface area (Å²) in [4.78, 5) is 28.2. The number of benzene rings is 1. The molecule has 2 heterocycles. The molecule has 118 valence electrons. The molecule has 0 amide bonds. The smallest absolute Gasteiger partial charge is 0.270 e. The summed E-state index contributed by atoms with van der Waals surface area (Å²) in [5, 5.41) is 10.9. The average Bonchev–Trinajstić information content (AvgIpc) is 2.62. The van der Waals surface area contributed by atoms with Gasteiger partial charge in [-0.2, -0.15) is 0 Å². The molecule has 1 aromatic carbocycles. The Kier molecular flexibility index (Phi) is 4.32. The Hall–Kier alpha value is -2.76. The molecule has 3 rings (SSSR count). The lowest BCUT2D eigenvalue weighted by Gasteiger charge is -2.38.